The lowest BCUT2D eigenvalue weighted by molar-refractivity contribution is -0.121. The van der Waals surface area contributed by atoms with Crippen molar-refractivity contribution in [2.24, 2.45) is 0 Å². The molecule has 0 fully saturated rings. The zero-order valence-electron chi connectivity index (χ0n) is 5.69. The summed E-state index contributed by atoms with van der Waals surface area (Å²) >= 11 is 0. The summed E-state index contributed by atoms with van der Waals surface area (Å²) in [6.07, 6.45) is 3.75. The van der Waals surface area contributed by atoms with E-state index < -0.39 is 6.10 Å². The van der Waals surface area contributed by atoms with E-state index in [-0.39, 0.29) is 5.78 Å². The molecular formula is C8H6O3. The molecule has 1 aromatic rings. The van der Waals surface area contributed by atoms with E-state index in [4.69, 9.17) is 9.15 Å². The van der Waals surface area contributed by atoms with Crippen molar-refractivity contribution in [1.82, 2.24) is 0 Å². The second kappa shape index (κ2) is 2.27. The number of carbonyl (C=O) groups excluding carboxylic acids is 1. The molecule has 3 heteroatoms. The lowest BCUT2D eigenvalue weighted by Crippen LogP contribution is -2.04. The van der Waals surface area contributed by atoms with Gasteiger partial charge >= 0.3 is 0 Å². The highest BCUT2D eigenvalue weighted by Crippen LogP contribution is 2.23. The van der Waals surface area contributed by atoms with Crippen LogP contribution in [0.25, 0.3) is 0 Å². The van der Waals surface area contributed by atoms with Gasteiger partial charge in [0.2, 0.25) is 11.9 Å². The summed E-state index contributed by atoms with van der Waals surface area (Å²) in [4.78, 5) is 11.0. The van der Waals surface area contributed by atoms with Gasteiger partial charge in [0.25, 0.3) is 0 Å². The highest BCUT2D eigenvalue weighted by molar-refractivity contribution is 5.95. The predicted octanol–water partition coefficient (Wildman–Crippen LogP) is 1.43. The van der Waals surface area contributed by atoms with Gasteiger partial charge in [-0.05, 0) is 12.1 Å². The molecule has 3 nitrogen and oxygen atoms in total. The molecule has 0 N–H and O–H groups in total. The fourth-order valence-corrected chi connectivity index (χ4v) is 0.987. The third-order valence-corrected chi connectivity index (χ3v) is 1.51. The van der Waals surface area contributed by atoms with Crippen molar-refractivity contribution in [1.29, 1.82) is 0 Å². The van der Waals surface area contributed by atoms with Gasteiger partial charge < -0.3 is 9.15 Å². The van der Waals surface area contributed by atoms with Crippen molar-refractivity contribution >= 4 is 5.78 Å². The summed E-state index contributed by atoms with van der Waals surface area (Å²) < 4.78 is 9.99. The SMILES string of the molecule is O=C1C=COC1c1ccco1. The number of carbonyl (C=O) groups is 1. The summed E-state index contributed by atoms with van der Waals surface area (Å²) in [5, 5.41) is 0. The van der Waals surface area contributed by atoms with Gasteiger partial charge in [0.15, 0.2) is 5.76 Å². The van der Waals surface area contributed by atoms with Crippen LogP contribution in [0.5, 0.6) is 0 Å². The number of hydrogen-bond acceptors (Lipinski definition) is 3. The minimum Gasteiger partial charge on any atom is -0.482 e. The van der Waals surface area contributed by atoms with Crippen LogP contribution in [0.3, 0.4) is 0 Å². The Labute approximate surface area is 63.3 Å². The molecule has 0 aromatic carbocycles. The predicted molar refractivity (Wildman–Crippen MR) is 36.7 cm³/mol. The molecule has 1 aromatic heterocycles. The van der Waals surface area contributed by atoms with Crippen molar-refractivity contribution in [2.45, 2.75) is 6.10 Å². The van der Waals surface area contributed by atoms with Crippen LogP contribution in [0, 0.1) is 0 Å². The molecule has 0 aliphatic carbocycles. The van der Waals surface area contributed by atoms with Crippen LogP contribution >= 0.6 is 0 Å². The third kappa shape index (κ3) is 0.941. The first-order chi connectivity index (χ1) is 5.38. The molecule has 11 heavy (non-hydrogen) atoms. The van der Waals surface area contributed by atoms with Crippen molar-refractivity contribution in [3.05, 3.63) is 36.5 Å². The molecule has 1 atom stereocenters. The molecule has 2 heterocycles. The lowest BCUT2D eigenvalue weighted by atomic mass is 10.2. The fourth-order valence-electron chi connectivity index (χ4n) is 0.987. The van der Waals surface area contributed by atoms with Gasteiger partial charge in [-0.2, -0.15) is 0 Å². The average molecular weight is 150 g/mol. The van der Waals surface area contributed by atoms with E-state index in [1.165, 1.54) is 18.6 Å². The number of ketones is 1. The zero-order chi connectivity index (χ0) is 7.68. The van der Waals surface area contributed by atoms with Crippen molar-refractivity contribution in [3.8, 4) is 0 Å². The normalized spacial score (nSPS) is 22.2. The molecule has 0 radical (unpaired) electrons. The first-order valence-electron chi connectivity index (χ1n) is 3.27. The van der Waals surface area contributed by atoms with E-state index in [0.29, 0.717) is 5.76 Å². The van der Waals surface area contributed by atoms with Crippen LogP contribution in [0.2, 0.25) is 0 Å². The van der Waals surface area contributed by atoms with E-state index >= 15 is 0 Å². The Bertz CT molecular complexity index is 284. The van der Waals surface area contributed by atoms with Crippen LogP contribution in [0.4, 0.5) is 0 Å². The van der Waals surface area contributed by atoms with Crippen molar-refractivity contribution in [3.63, 3.8) is 0 Å². The summed E-state index contributed by atoms with van der Waals surface area (Å²) in [5.41, 5.74) is 0. The van der Waals surface area contributed by atoms with Crippen LogP contribution in [-0.4, -0.2) is 5.78 Å². The number of furan rings is 1. The van der Waals surface area contributed by atoms with E-state index in [9.17, 15) is 4.79 Å². The van der Waals surface area contributed by atoms with Gasteiger partial charge in [-0.3, -0.25) is 4.79 Å². The largest absolute Gasteiger partial charge is 0.482 e. The van der Waals surface area contributed by atoms with Crippen molar-refractivity contribution < 1.29 is 13.9 Å². The molecule has 0 saturated heterocycles. The Hall–Kier alpha value is -1.51. The van der Waals surface area contributed by atoms with E-state index in [1.54, 1.807) is 12.1 Å². The number of rotatable bonds is 1. The molecule has 0 saturated carbocycles. The lowest BCUT2D eigenvalue weighted by Gasteiger charge is -2.03. The van der Waals surface area contributed by atoms with E-state index in [1.807, 2.05) is 0 Å². The Morgan fingerprint density at radius 2 is 2.36 bits per heavy atom. The number of ether oxygens (including phenoxy) is 1. The monoisotopic (exact) mass is 150 g/mol. The molecular weight excluding hydrogens is 144 g/mol. The average Bonchev–Trinajstić information content (AvgIpc) is 2.55. The van der Waals surface area contributed by atoms with E-state index in [0.717, 1.165) is 0 Å². The second-order valence-electron chi connectivity index (χ2n) is 2.24. The van der Waals surface area contributed by atoms with Crippen LogP contribution in [0.1, 0.15) is 11.9 Å². The maximum absolute atomic E-state index is 11.0. The Kier molecular flexibility index (Phi) is 1.28. The topological polar surface area (TPSA) is 39.4 Å². The number of hydrogen-bond donors (Lipinski definition) is 0. The summed E-state index contributed by atoms with van der Waals surface area (Å²) in [6.45, 7) is 0. The maximum Gasteiger partial charge on any atom is 0.217 e. The van der Waals surface area contributed by atoms with E-state index in [2.05, 4.69) is 0 Å². The summed E-state index contributed by atoms with van der Waals surface area (Å²) in [7, 11) is 0. The molecule has 56 valence electrons. The van der Waals surface area contributed by atoms with Gasteiger partial charge in [0, 0.05) is 6.08 Å². The highest BCUT2D eigenvalue weighted by Gasteiger charge is 2.25. The molecule has 0 bridgehead atoms. The fraction of sp³-hybridized carbons (Fsp3) is 0.125. The Balaban J connectivity index is 2.26. The Morgan fingerprint density at radius 1 is 1.45 bits per heavy atom. The van der Waals surface area contributed by atoms with Crippen LogP contribution < -0.4 is 0 Å². The van der Waals surface area contributed by atoms with Crippen LogP contribution in [0.15, 0.2) is 35.2 Å². The summed E-state index contributed by atoms with van der Waals surface area (Å²) in [5.74, 6) is 0.486. The quantitative estimate of drug-likeness (QED) is 0.608. The van der Waals surface area contributed by atoms with Crippen molar-refractivity contribution in [2.75, 3.05) is 0 Å². The smallest absolute Gasteiger partial charge is 0.217 e. The highest BCUT2D eigenvalue weighted by atomic mass is 16.5. The second-order valence-corrected chi connectivity index (χ2v) is 2.24. The van der Waals surface area contributed by atoms with Crippen LogP contribution in [-0.2, 0) is 9.53 Å². The minimum atomic E-state index is -0.551. The van der Waals surface area contributed by atoms with Gasteiger partial charge in [-0.15, -0.1) is 0 Å². The maximum atomic E-state index is 11.0. The standard InChI is InChI=1S/C8H6O3/c9-6-3-5-11-8(6)7-2-1-4-10-7/h1-5,8H. The summed E-state index contributed by atoms with van der Waals surface area (Å²) in [6, 6.07) is 3.44. The Morgan fingerprint density at radius 3 is 2.91 bits per heavy atom. The molecule has 1 aliphatic heterocycles. The third-order valence-electron chi connectivity index (χ3n) is 1.51. The molecule has 0 spiro atoms. The molecule has 2 rings (SSSR count). The van der Waals surface area contributed by atoms with Gasteiger partial charge in [-0.25, -0.2) is 0 Å². The zero-order valence-corrected chi connectivity index (χ0v) is 5.69. The van der Waals surface area contributed by atoms with Gasteiger partial charge in [0.05, 0.1) is 12.5 Å². The van der Waals surface area contributed by atoms with Gasteiger partial charge in [-0.1, -0.05) is 0 Å². The van der Waals surface area contributed by atoms with Gasteiger partial charge in [0.1, 0.15) is 0 Å². The molecule has 1 unspecified atom stereocenters. The first-order valence-corrected chi connectivity index (χ1v) is 3.27. The minimum absolute atomic E-state index is 0.0695. The molecule has 0 amide bonds. The molecule has 1 aliphatic rings. The first kappa shape index (κ1) is 6.22.